The van der Waals surface area contributed by atoms with Crippen LogP contribution in [0.4, 0.5) is 0 Å². The fraction of sp³-hybridized carbons (Fsp3) is 0.600. The molecule has 12 heavy (non-hydrogen) atoms. The SMILES string of the molecule is C=CC1(C)CCCC1=[C]C.[Cl-].[Hg+]. The van der Waals surface area contributed by atoms with Gasteiger partial charge in [-0.2, -0.15) is 0 Å². The Bertz CT molecular complexity index is 175. The van der Waals surface area contributed by atoms with Gasteiger partial charge in [0.1, 0.15) is 0 Å². The normalized spacial score (nSPS) is 30.7. The third-order valence-electron chi connectivity index (χ3n) is 2.56. The van der Waals surface area contributed by atoms with E-state index in [2.05, 4.69) is 25.7 Å². The minimum atomic E-state index is 0. The van der Waals surface area contributed by atoms with Crippen LogP contribution in [0.25, 0.3) is 0 Å². The zero-order valence-electron chi connectivity index (χ0n) is 7.99. The predicted molar refractivity (Wildman–Crippen MR) is 44.6 cm³/mol. The number of hydrogen-bond donors (Lipinski definition) is 0. The van der Waals surface area contributed by atoms with Gasteiger partial charge in [-0.25, -0.2) is 0 Å². The van der Waals surface area contributed by atoms with Crippen molar-refractivity contribution in [1.29, 1.82) is 0 Å². The summed E-state index contributed by atoms with van der Waals surface area (Å²) in [7, 11) is 0. The molecular weight excluding hydrogens is 356 g/mol. The Morgan fingerprint density at radius 3 is 2.50 bits per heavy atom. The first-order chi connectivity index (χ1) is 4.73. The Morgan fingerprint density at radius 2 is 2.17 bits per heavy atom. The van der Waals surface area contributed by atoms with Crippen molar-refractivity contribution in [2.45, 2.75) is 33.1 Å². The van der Waals surface area contributed by atoms with E-state index < -0.39 is 0 Å². The Balaban J connectivity index is 0. The molecule has 0 nitrogen and oxygen atoms in total. The second-order valence-corrected chi connectivity index (χ2v) is 3.20. The summed E-state index contributed by atoms with van der Waals surface area (Å²) in [5.41, 5.74) is 1.72. The number of rotatable bonds is 1. The van der Waals surface area contributed by atoms with Gasteiger partial charge in [-0.05, 0) is 32.3 Å². The van der Waals surface area contributed by atoms with E-state index in [0.717, 1.165) is 0 Å². The zero-order chi connectivity index (χ0) is 7.61. The van der Waals surface area contributed by atoms with Crippen LogP contribution in [0.3, 0.4) is 0 Å². The molecule has 0 saturated heterocycles. The topological polar surface area (TPSA) is 0 Å². The van der Waals surface area contributed by atoms with E-state index in [1.165, 1.54) is 24.8 Å². The fourth-order valence-electron chi connectivity index (χ4n) is 1.70. The van der Waals surface area contributed by atoms with Gasteiger partial charge in [0.2, 0.25) is 0 Å². The molecule has 0 amide bonds. The third-order valence-corrected chi connectivity index (χ3v) is 2.56. The maximum Gasteiger partial charge on any atom is 1.00 e. The van der Waals surface area contributed by atoms with E-state index in [9.17, 15) is 0 Å². The summed E-state index contributed by atoms with van der Waals surface area (Å²) in [5, 5.41) is 0. The summed E-state index contributed by atoms with van der Waals surface area (Å²) in [6.07, 6.45) is 9.09. The Hall–Kier alpha value is 0.705. The molecule has 2 heteroatoms. The summed E-state index contributed by atoms with van der Waals surface area (Å²) in [5.74, 6) is 0. The number of hydrogen-bond acceptors (Lipinski definition) is 0. The quantitative estimate of drug-likeness (QED) is 0.454. The molecule has 0 heterocycles. The van der Waals surface area contributed by atoms with Crippen LogP contribution in [0.2, 0.25) is 0 Å². The molecule has 0 aliphatic heterocycles. The van der Waals surface area contributed by atoms with E-state index in [4.69, 9.17) is 0 Å². The molecule has 0 aromatic rings. The van der Waals surface area contributed by atoms with Crippen molar-refractivity contribution in [1.82, 2.24) is 0 Å². The van der Waals surface area contributed by atoms with Crippen molar-refractivity contribution >= 4 is 0 Å². The molecule has 0 N–H and O–H groups in total. The minimum Gasteiger partial charge on any atom is -1.00 e. The summed E-state index contributed by atoms with van der Waals surface area (Å²) in [6.45, 7) is 8.10. The van der Waals surface area contributed by atoms with Crippen LogP contribution in [0, 0.1) is 11.5 Å². The Morgan fingerprint density at radius 1 is 1.58 bits per heavy atom. The molecule has 1 unspecified atom stereocenters. The molecule has 1 rings (SSSR count). The average molecular weight is 371 g/mol. The molecule has 0 aromatic heterocycles. The van der Waals surface area contributed by atoms with E-state index >= 15 is 0 Å². The van der Waals surface area contributed by atoms with Crippen LogP contribution >= 0.6 is 0 Å². The molecular formula is C10H15ClHg. The Kier molecular flexibility index (Phi) is 7.85. The van der Waals surface area contributed by atoms with E-state index in [1.54, 1.807) is 0 Å². The van der Waals surface area contributed by atoms with Crippen LogP contribution in [-0.4, -0.2) is 0 Å². The molecule has 0 bridgehead atoms. The van der Waals surface area contributed by atoms with Crippen LogP contribution in [-0.2, 0) is 27.7 Å². The summed E-state index contributed by atoms with van der Waals surface area (Å²) in [6, 6.07) is 0. The summed E-state index contributed by atoms with van der Waals surface area (Å²) >= 11 is 0. The van der Waals surface area contributed by atoms with Gasteiger partial charge in [-0.1, -0.05) is 18.6 Å². The third kappa shape index (κ3) is 2.88. The van der Waals surface area contributed by atoms with Crippen LogP contribution in [0.15, 0.2) is 18.2 Å². The Labute approximate surface area is 102 Å². The average Bonchev–Trinajstić information content (AvgIpc) is 2.32. The first-order valence-electron chi connectivity index (χ1n) is 3.90. The number of halogens is 1. The van der Waals surface area contributed by atoms with E-state index in [0.29, 0.717) is 0 Å². The maximum atomic E-state index is 3.85. The standard InChI is InChI=1S/C10H15.ClH.Hg/c1-4-9-7-6-8-10(9,3)5-2;;/h5H,2,6-8H2,1,3H3;1H;/q;;+1/p-1. The van der Waals surface area contributed by atoms with E-state index in [-0.39, 0.29) is 45.5 Å². The predicted octanol–water partition coefficient (Wildman–Crippen LogP) is 0.114. The van der Waals surface area contributed by atoms with Crippen molar-refractivity contribution < 1.29 is 40.1 Å². The first-order valence-corrected chi connectivity index (χ1v) is 3.90. The molecule has 0 aromatic carbocycles. The molecule has 1 aliphatic carbocycles. The molecule has 1 saturated carbocycles. The largest absolute Gasteiger partial charge is 1.00 e. The molecule has 64 valence electrons. The van der Waals surface area contributed by atoms with Gasteiger partial charge >= 0.3 is 27.7 Å². The molecule has 0 spiro atoms. The summed E-state index contributed by atoms with van der Waals surface area (Å²) < 4.78 is 0. The molecule has 1 aliphatic rings. The maximum absolute atomic E-state index is 3.85. The minimum absolute atomic E-state index is 0. The number of allylic oxidation sites excluding steroid dienone is 3. The van der Waals surface area contributed by atoms with Crippen molar-refractivity contribution in [3.63, 3.8) is 0 Å². The van der Waals surface area contributed by atoms with E-state index in [1.807, 2.05) is 6.92 Å². The van der Waals surface area contributed by atoms with Gasteiger partial charge < -0.3 is 12.4 Å². The molecule has 2 radical (unpaired) electrons. The van der Waals surface area contributed by atoms with Gasteiger partial charge in [0.15, 0.2) is 0 Å². The zero-order valence-corrected chi connectivity index (χ0v) is 14.2. The molecule has 1 atom stereocenters. The van der Waals surface area contributed by atoms with Gasteiger partial charge in [-0.15, -0.1) is 6.58 Å². The fourth-order valence-corrected chi connectivity index (χ4v) is 1.70. The first kappa shape index (κ1) is 15.2. The molecule has 1 fully saturated rings. The van der Waals surface area contributed by atoms with Crippen molar-refractivity contribution in [3.8, 4) is 0 Å². The monoisotopic (exact) mass is 372 g/mol. The van der Waals surface area contributed by atoms with Gasteiger partial charge in [0, 0.05) is 5.41 Å². The van der Waals surface area contributed by atoms with Crippen molar-refractivity contribution in [2.75, 3.05) is 0 Å². The van der Waals surface area contributed by atoms with Crippen LogP contribution in [0.1, 0.15) is 33.1 Å². The van der Waals surface area contributed by atoms with Gasteiger partial charge in [-0.3, -0.25) is 0 Å². The van der Waals surface area contributed by atoms with Crippen molar-refractivity contribution in [3.05, 3.63) is 24.3 Å². The smallest absolute Gasteiger partial charge is 1.00 e. The van der Waals surface area contributed by atoms with Crippen LogP contribution in [0.5, 0.6) is 0 Å². The summed E-state index contributed by atoms with van der Waals surface area (Å²) in [4.78, 5) is 0. The second kappa shape index (κ2) is 6.20. The van der Waals surface area contributed by atoms with Gasteiger partial charge in [0.05, 0.1) is 0 Å². The van der Waals surface area contributed by atoms with Crippen LogP contribution < -0.4 is 12.4 Å². The van der Waals surface area contributed by atoms with Gasteiger partial charge in [0.25, 0.3) is 0 Å². The van der Waals surface area contributed by atoms with Crippen molar-refractivity contribution in [2.24, 2.45) is 5.41 Å². The second-order valence-electron chi connectivity index (χ2n) is 3.20.